The molecule has 3 rings (SSSR count). The van der Waals surface area contributed by atoms with Crippen LogP contribution in [0.2, 0.25) is 0 Å². The van der Waals surface area contributed by atoms with Gasteiger partial charge in [-0.15, -0.1) is 0 Å². The molecule has 0 fully saturated rings. The fraction of sp³-hybridized carbons (Fsp3) is 0.280. The van der Waals surface area contributed by atoms with Crippen LogP contribution in [0, 0.1) is 0 Å². The van der Waals surface area contributed by atoms with Crippen LogP contribution < -0.4 is 5.32 Å². The molecule has 27 heavy (non-hydrogen) atoms. The summed E-state index contributed by atoms with van der Waals surface area (Å²) in [4.78, 5) is 0. The SMILES string of the molecule is CC(C)(C)c1cccc(CNC(Cc2ccccc2)c2ccccc2)c1O. The van der Waals surface area contributed by atoms with Gasteiger partial charge < -0.3 is 10.4 Å². The van der Waals surface area contributed by atoms with Crippen molar-refractivity contribution >= 4 is 0 Å². The van der Waals surface area contributed by atoms with Gasteiger partial charge in [-0.25, -0.2) is 0 Å². The number of phenolic OH excluding ortho intramolecular Hbond substituents is 1. The van der Waals surface area contributed by atoms with Crippen LogP contribution in [0.3, 0.4) is 0 Å². The highest BCUT2D eigenvalue weighted by molar-refractivity contribution is 5.44. The number of hydrogen-bond donors (Lipinski definition) is 2. The first-order valence-electron chi connectivity index (χ1n) is 9.59. The van der Waals surface area contributed by atoms with E-state index in [0.717, 1.165) is 17.5 Å². The minimum Gasteiger partial charge on any atom is -0.507 e. The molecule has 0 radical (unpaired) electrons. The predicted molar refractivity (Wildman–Crippen MR) is 113 cm³/mol. The fourth-order valence-corrected chi connectivity index (χ4v) is 3.42. The summed E-state index contributed by atoms with van der Waals surface area (Å²) in [6, 6.07) is 27.3. The van der Waals surface area contributed by atoms with E-state index in [4.69, 9.17) is 0 Å². The molecule has 3 aromatic carbocycles. The number of para-hydroxylation sites is 1. The van der Waals surface area contributed by atoms with Gasteiger partial charge in [0.25, 0.3) is 0 Å². The molecule has 0 aliphatic heterocycles. The minimum absolute atomic E-state index is 0.0804. The highest BCUT2D eigenvalue weighted by Gasteiger charge is 2.20. The second-order valence-corrected chi connectivity index (χ2v) is 8.10. The Hall–Kier alpha value is -2.58. The molecule has 3 aromatic rings. The second-order valence-electron chi connectivity index (χ2n) is 8.10. The summed E-state index contributed by atoms with van der Waals surface area (Å²) in [6.07, 6.45) is 0.907. The van der Waals surface area contributed by atoms with Gasteiger partial charge in [-0.2, -0.15) is 0 Å². The van der Waals surface area contributed by atoms with E-state index < -0.39 is 0 Å². The second kappa shape index (κ2) is 8.41. The van der Waals surface area contributed by atoms with Gasteiger partial charge in [0, 0.05) is 18.2 Å². The third kappa shape index (κ3) is 4.99. The van der Waals surface area contributed by atoms with E-state index >= 15 is 0 Å². The lowest BCUT2D eigenvalue weighted by Crippen LogP contribution is -2.23. The maximum absolute atomic E-state index is 10.8. The Kier molecular flexibility index (Phi) is 5.98. The van der Waals surface area contributed by atoms with Gasteiger partial charge in [-0.1, -0.05) is 99.6 Å². The molecule has 2 N–H and O–H groups in total. The molecule has 2 nitrogen and oxygen atoms in total. The van der Waals surface area contributed by atoms with Crippen molar-refractivity contribution in [2.45, 2.75) is 45.2 Å². The number of hydrogen-bond acceptors (Lipinski definition) is 2. The topological polar surface area (TPSA) is 32.3 Å². The van der Waals surface area contributed by atoms with Crippen LogP contribution in [-0.4, -0.2) is 5.11 Å². The van der Waals surface area contributed by atoms with Gasteiger partial charge in [0.2, 0.25) is 0 Å². The van der Waals surface area contributed by atoms with Gasteiger partial charge in [0.15, 0.2) is 0 Å². The summed E-state index contributed by atoms with van der Waals surface area (Å²) in [7, 11) is 0. The molecule has 1 atom stereocenters. The summed E-state index contributed by atoms with van der Waals surface area (Å²) in [6.45, 7) is 7.01. The number of rotatable bonds is 6. The molecule has 0 aliphatic rings. The van der Waals surface area contributed by atoms with Crippen LogP contribution in [0.5, 0.6) is 5.75 Å². The van der Waals surface area contributed by atoms with E-state index in [1.54, 1.807) is 0 Å². The average Bonchev–Trinajstić information content (AvgIpc) is 2.66. The molecule has 0 spiro atoms. The number of benzene rings is 3. The van der Waals surface area contributed by atoms with Crippen molar-refractivity contribution in [2.75, 3.05) is 0 Å². The standard InChI is InChI=1S/C25H29NO/c1-25(2,3)22-16-10-15-21(24(22)27)18-26-23(20-13-8-5-9-14-20)17-19-11-6-4-7-12-19/h4-16,23,26-27H,17-18H2,1-3H3. The van der Waals surface area contributed by atoms with Crippen LogP contribution in [0.25, 0.3) is 0 Å². The smallest absolute Gasteiger partial charge is 0.123 e. The molecule has 0 saturated carbocycles. The van der Waals surface area contributed by atoms with Crippen LogP contribution in [-0.2, 0) is 18.4 Å². The number of aromatic hydroxyl groups is 1. The van der Waals surface area contributed by atoms with Crippen LogP contribution >= 0.6 is 0 Å². The van der Waals surface area contributed by atoms with Crippen molar-refractivity contribution in [1.29, 1.82) is 0 Å². The van der Waals surface area contributed by atoms with Crippen molar-refractivity contribution in [3.05, 3.63) is 101 Å². The average molecular weight is 360 g/mol. The van der Waals surface area contributed by atoms with E-state index in [1.165, 1.54) is 11.1 Å². The van der Waals surface area contributed by atoms with E-state index in [2.05, 4.69) is 74.6 Å². The molecule has 0 aromatic heterocycles. The van der Waals surface area contributed by atoms with Crippen molar-refractivity contribution in [3.63, 3.8) is 0 Å². The Morgan fingerprint density at radius 1 is 0.815 bits per heavy atom. The van der Waals surface area contributed by atoms with Gasteiger partial charge in [-0.05, 0) is 28.5 Å². The lowest BCUT2D eigenvalue weighted by Gasteiger charge is -2.23. The van der Waals surface area contributed by atoms with E-state index in [-0.39, 0.29) is 11.5 Å². The van der Waals surface area contributed by atoms with Gasteiger partial charge in [0.05, 0.1) is 0 Å². The molecular formula is C25H29NO. The molecule has 2 heteroatoms. The summed E-state index contributed by atoms with van der Waals surface area (Å²) in [5.41, 5.74) is 4.40. The fourth-order valence-electron chi connectivity index (χ4n) is 3.42. The zero-order valence-corrected chi connectivity index (χ0v) is 16.4. The molecule has 0 bridgehead atoms. The summed E-state index contributed by atoms with van der Waals surface area (Å²) >= 11 is 0. The van der Waals surface area contributed by atoms with Crippen LogP contribution in [0.1, 0.15) is 49.1 Å². The number of nitrogens with one attached hydrogen (secondary N) is 1. The molecule has 140 valence electrons. The lowest BCUT2D eigenvalue weighted by atomic mass is 9.85. The Morgan fingerprint density at radius 2 is 1.44 bits per heavy atom. The minimum atomic E-state index is -0.0804. The zero-order valence-electron chi connectivity index (χ0n) is 16.4. The normalized spacial score (nSPS) is 12.7. The Bertz CT molecular complexity index is 850. The third-order valence-corrected chi connectivity index (χ3v) is 4.95. The number of phenols is 1. The third-order valence-electron chi connectivity index (χ3n) is 4.95. The first-order chi connectivity index (χ1) is 12.9. The first kappa shape index (κ1) is 19.2. The van der Waals surface area contributed by atoms with Crippen LogP contribution in [0.15, 0.2) is 78.9 Å². The maximum Gasteiger partial charge on any atom is 0.123 e. The van der Waals surface area contributed by atoms with E-state index in [1.807, 2.05) is 30.3 Å². The van der Waals surface area contributed by atoms with Gasteiger partial charge >= 0.3 is 0 Å². The largest absolute Gasteiger partial charge is 0.507 e. The molecule has 0 heterocycles. The highest BCUT2D eigenvalue weighted by Crippen LogP contribution is 2.33. The van der Waals surface area contributed by atoms with E-state index in [9.17, 15) is 5.11 Å². The zero-order chi connectivity index (χ0) is 19.3. The molecule has 0 amide bonds. The predicted octanol–water partition coefficient (Wildman–Crippen LogP) is 5.76. The van der Waals surface area contributed by atoms with Crippen molar-refractivity contribution in [1.82, 2.24) is 5.32 Å². The van der Waals surface area contributed by atoms with Crippen LogP contribution in [0.4, 0.5) is 0 Å². The summed E-state index contributed by atoms with van der Waals surface area (Å²) in [5, 5.41) is 14.4. The Morgan fingerprint density at radius 3 is 2.07 bits per heavy atom. The highest BCUT2D eigenvalue weighted by atomic mass is 16.3. The van der Waals surface area contributed by atoms with Crippen molar-refractivity contribution < 1.29 is 5.11 Å². The first-order valence-corrected chi connectivity index (χ1v) is 9.59. The Balaban J connectivity index is 1.81. The molecule has 0 saturated heterocycles. The van der Waals surface area contributed by atoms with E-state index in [0.29, 0.717) is 12.3 Å². The monoisotopic (exact) mass is 359 g/mol. The molecule has 1 unspecified atom stereocenters. The lowest BCUT2D eigenvalue weighted by molar-refractivity contribution is 0.432. The Labute approximate surface area is 162 Å². The van der Waals surface area contributed by atoms with Crippen molar-refractivity contribution in [3.8, 4) is 5.75 Å². The van der Waals surface area contributed by atoms with Crippen molar-refractivity contribution in [2.24, 2.45) is 0 Å². The summed E-state index contributed by atoms with van der Waals surface area (Å²) < 4.78 is 0. The van der Waals surface area contributed by atoms with Gasteiger partial charge in [-0.3, -0.25) is 0 Å². The molecule has 0 aliphatic carbocycles. The molecular weight excluding hydrogens is 330 g/mol. The summed E-state index contributed by atoms with van der Waals surface area (Å²) in [5.74, 6) is 0.407. The van der Waals surface area contributed by atoms with Gasteiger partial charge in [0.1, 0.15) is 5.75 Å². The quantitative estimate of drug-likeness (QED) is 0.586. The maximum atomic E-state index is 10.8.